The summed E-state index contributed by atoms with van der Waals surface area (Å²) in [5.41, 5.74) is 0. The zero-order valence-electron chi connectivity index (χ0n) is 63.4. The van der Waals surface area contributed by atoms with E-state index in [1.807, 2.05) is 0 Å². The number of ether oxygens (including phenoxy) is 4. The molecule has 0 bridgehead atoms. The maximum absolute atomic E-state index is 13.1. The molecule has 0 spiro atoms. The van der Waals surface area contributed by atoms with Crippen LogP contribution in [0.5, 0.6) is 0 Å². The molecule has 0 saturated heterocycles. The van der Waals surface area contributed by atoms with Gasteiger partial charge in [0.15, 0.2) is 12.2 Å². The average molecular weight is 1420 g/mol. The zero-order chi connectivity index (χ0) is 71.4. The Morgan fingerprint density at radius 3 is 0.784 bits per heavy atom. The summed E-state index contributed by atoms with van der Waals surface area (Å²) in [6, 6.07) is 0. The predicted octanol–water partition coefficient (Wildman–Crippen LogP) is 23.1. The third-order valence-electron chi connectivity index (χ3n) is 18.6. The lowest BCUT2D eigenvalue weighted by atomic mass is 9.99. The number of unbranched alkanes of at least 4 members (excludes halogenated alkanes) is 46. The van der Waals surface area contributed by atoms with Gasteiger partial charge in [0.1, 0.15) is 19.3 Å². The second-order valence-electron chi connectivity index (χ2n) is 28.8. The van der Waals surface area contributed by atoms with Gasteiger partial charge in [-0.25, -0.2) is 9.13 Å². The van der Waals surface area contributed by atoms with E-state index in [0.29, 0.717) is 25.7 Å². The van der Waals surface area contributed by atoms with Crippen LogP contribution in [0.3, 0.4) is 0 Å². The molecule has 0 aliphatic rings. The van der Waals surface area contributed by atoms with Crippen LogP contribution >= 0.6 is 15.6 Å². The van der Waals surface area contributed by atoms with E-state index in [4.69, 9.17) is 37.0 Å². The number of aliphatic hydroxyl groups excluding tert-OH is 1. The first-order valence-corrected chi connectivity index (χ1v) is 43.5. The molecule has 3 N–H and O–H groups in total. The number of hydrogen-bond donors (Lipinski definition) is 3. The van der Waals surface area contributed by atoms with Crippen LogP contribution in [0.1, 0.15) is 408 Å². The molecule has 0 aromatic heterocycles. The monoisotopic (exact) mass is 1420 g/mol. The second-order valence-corrected chi connectivity index (χ2v) is 31.7. The van der Waals surface area contributed by atoms with Crippen molar-refractivity contribution in [2.24, 2.45) is 11.8 Å². The maximum atomic E-state index is 13.1. The first-order valence-electron chi connectivity index (χ1n) is 40.5. The van der Waals surface area contributed by atoms with Gasteiger partial charge < -0.3 is 33.8 Å². The Labute approximate surface area is 594 Å². The normalized spacial score (nSPS) is 14.2. The molecule has 0 radical (unpaired) electrons. The number of hydrogen-bond acceptors (Lipinski definition) is 15. The van der Waals surface area contributed by atoms with Crippen molar-refractivity contribution in [1.82, 2.24) is 0 Å². The standard InChI is InChI=1S/C78H152O17P2/c1-7-10-12-14-15-16-17-18-19-20-21-22-26-29-32-38-43-49-55-61-76(81)89-67-74(95-78(83)62-56-50-44-39-33-30-27-24-23-25-28-31-36-41-47-52-58-70(4)5)69-93-97(86,87)91-65-72(79)64-90-96(84,85)92-68-73(66-88-75(80)60-54-46-13-11-8-2)94-77(82)63-57-51-45-40-35-34-37-42-48-53-59-71(6)9-3/h70-74,79H,7-69H2,1-6H3,(H,84,85)(H,86,87)/t71?,72-,73+,74+/m0/s1. The van der Waals surface area contributed by atoms with Gasteiger partial charge >= 0.3 is 39.5 Å². The number of rotatable bonds is 77. The maximum Gasteiger partial charge on any atom is 0.472 e. The quantitative estimate of drug-likeness (QED) is 0.0222. The molecule has 576 valence electrons. The minimum Gasteiger partial charge on any atom is -0.462 e. The number of phosphoric ester groups is 2. The number of carbonyl (C=O) groups excluding carboxylic acids is 4. The molecule has 97 heavy (non-hydrogen) atoms. The van der Waals surface area contributed by atoms with Gasteiger partial charge in [-0.05, 0) is 37.5 Å². The number of aliphatic hydroxyl groups is 1. The summed E-state index contributed by atoms with van der Waals surface area (Å²) in [6.07, 6.45) is 58.7. The van der Waals surface area contributed by atoms with Crippen LogP contribution in [-0.2, 0) is 65.4 Å². The Morgan fingerprint density at radius 2 is 0.526 bits per heavy atom. The summed E-state index contributed by atoms with van der Waals surface area (Å²) in [5.74, 6) is -0.512. The Bertz CT molecular complexity index is 1870. The van der Waals surface area contributed by atoms with Crippen LogP contribution in [0.15, 0.2) is 0 Å². The Kier molecular flexibility index (Phi) is 68.4. The van der Waals surface area contributed by atoms with Gasteiger partial charge in [-0.3, -0.25) is 37.3 Å². The molecule has 0 saturated carbocycles. The van der Waals surface area contributed by atoms with Gasteiger partial charge in [0.25, 0.3) is 0 Å². The molecule has 0 aromatic rings. The van der Waals surface area contributed by atoms with Crippen LogP contribution in [-0.4, -0.2) is 96.7 Å². The molecule has 0 amide bonds. The molecular formula is C78H152O17P2. The summed E-state index contributed by atoms with van der Waals surface area (Å²) in [6.45, 7) is 9.57. The highest BCUT2D eigenvalue weighted by molar-refractivity contribution is 7.47. The highest BCUT2D eigenvalue weighted by Gasteiger charge is 2.30. The highest BCUT2D eigenvalue weighted by Crippen LogP contribution is 2.45. The molecule has 0 heterocycles. The topological polar surface area (TPSA) is 237 Å². The molecule has 17 nitrogen and oxygen atoms in total. The summed E-state index contributed by atoms with van der Waals surface area (Å²) < 4.78 is 68.4. The van der Waals surface area contributed by atoms with E-state index in [2.05, 4.69) is 41.5 Å². The molecule has 6 atom stereocenters. The second kappa shape index (κ2) is 69.8. The van der Waals surface area contributed by atoms with Crippen molar-refractivity contribution in [1.29, 1.82) is 0 Å². The smallest absolute Gasteiger partial charge is 0.462 e. The summed E-state index contributed by atoms with van der Waals surface area (Å²) in [5, 5.41) is 10.6. The van der Waals surface area contributed by atoms with E-state index in [-0.39, 0.29) is 25.7 Å². The number of phosphoric acid groups is 2. The van der Waals surface area contributed by atoms with E-state index in [0.717, 1.165) is 108 Å². The van der Waals surface area contributed by atoms with Gasteiger partial charge in [0.2, 0.25) is 0 Å². The SMILES string of the molecule is CCCCCCCCCCCCCCCCCCCCCC(=O)OC[C@H](COP(=O)(O)OC[C@@H](O)COP(=O)(O)OC[C@@H](COC(=O)CCCCCCC)OC(=O)CCCCCCCCCCCCC(C)CC)OC(=O)CCCCCCCCCCCCCCCCCCC(C)C. The van der Waals surface area contributed by atoms with Crippen LogP contribution in [0.2, 0.25) is 0 Å². The fourth-order valence-electron chi connectivity index (χ4n) is 12.0. The lowest BCUT2D eigenvalue weighted by molar-refractivity contribution is -0.161. The lowest BCUT2D eigenvalue weighted by Crippen LogP contribution is -2.30. The van der Waals surface area contributed by atoms with Crippen molar-refractivity contribution in [3.8, 4) is 0 Å². The van der Waals surface area contributed by atoms with Crippen molar-refractivity contribution in [2.45, 2.75) is 426 Å². The minimum atomic E-state index is -4.96. The third-order valence-corrected chi connectivity index (χ3v) is 20.5. The molecule has 0 rings (SSSR count). The molecule has 0 fully saturated rings. The number of carbonyl (C=O) groups is 4. The fraction of sp³-hybridized carbons (Fsp3) is 0.949. The summed E-state index contributed by atoms with van der Waals surface area (Å²) in [7, 11) is -9.90. The minimum absolute atomic E-state index is 0.105. The van der Waals surface area contributed by atoms with E-state index < -0.39 is 97.5 Å². The fourth-order valence-corrected chi connectivity index (χ4v) is 13.6. The van der Waals surface area contributed by atoms with Gasteiger partial charge in [-0.2, -0.15) is 0 Å². The van der Waals surface area contributed by atoms with E-state index >= 15 is 0 Å². The van der Waals surface area contributed by atoms with Gasteiger partial charge in [-0.15, -0.1) is 0 Å². The highest BCUT2D eigenvalue weighted by atomic mass is 31.2. The van der Waals surface area contributed by atoms with Gasteiger partial charge in [0.05, 0.1) is 26.4 Å². The lowest BCUT2D eigenvalue weighted by Gasteiger charge is -2.21. The molecule has 19 heteroatoms. The van der Waals surface area contributed by atoms with Crippen LogP contribution in [0.4, 0.5) is 0 Å². The van der Waals surface area contributed by atoms with E-state index in [1.165, 1.54) is 218 Å². The Morgan fingerprint density at radius 1 is 0.299 bits per heavy atom. The summed E-state index contributed by atoms with van der Waals surface area (Å²) in [4.78, 5) is 72.6. The summed E-state index contributed by atoms with van der Waals surface area (Å²) >= 11 is 0. The molecule has 3 unspecified atom stereocenters. The van der Waals surface area contributed by atoms with Crippen LogP contribution in [0, 0.1) is 11.8 Å². The average Bonchev–Trinajstić information content (AvgIpc) is 2.95. The first kappa shape index (κ1) is 95.1. The first-order chi connectivity index (χ1) is 46.9. The van der Waals surface area contributed by atoms with Crippen molar-refractivity contribution in [3.05, 3.63) is 0 Å². The molecule has 0 aromatic carbocycles. The van der Waals surface area contributed by atoms with Gasteiger partial charge in [-0.1, -0.05) is 356 Å². The van der Waals surface area contributed by atoms with Crippen LogP contribution < -0.4 is 0 Å². The Hall–Kier alpha value is -1.94. The van der Waals surface area contributed by atoms with E-state index in [1.54, 1.807) is 0 Å². The third kappa shape index (κ3) is 70.9. The number of esters is 4. The van der Waals surface area contributed by atoms with Gasteiger partial charge in [0, 0.05) is 25.7 Å². The van der Waals surface area contributed by atoms with Crippen molar-refractivity contribution >= 4 is 39.5 Å². The predicted molar refractivity (Wildman–Crippen MR) is 395 cm³/mol. The molecule has 0 aliphatic carbocycles. The van der Waals surface area contributed by atoms with E-state index in [9.17, 15) is 43.2 Å². The Balaban J connectivity index is 5.13. The largest absolute Gasteiger partial charge is 0.472 e. The van der Waals surface area contributed by atoms with Crippen molar-refractivity contribution in [2.75, 3.05) is 39.6 Å². The van der Waals surface area contributed by atoms with Crippen LogP contribution in [0.25, 0.3) is 0 Å². The van der Waals surface area contributed by atoms with Crippen molar-refractivity contribution < 1.29 is 80.2 Å². The zero-order valence-corrected chi connectivity index (χ0v) is 65.2. The molecule has 0 aliphatic heterocycles. The van der Waals surface area contributed by atoms with Crippen molar-refractivity contribution in [3.63, 3.8) is 0 Å². The molecular weight excluding hydrogens is 1270 g/mol.